The fraction of sp³-hybridized carbons (Fsp3) is 0.467. The quantitative estimate of drug-likeness (QED) is 0.316. The van der Waals surface area contributed by atoms with E-state index < -0.39 is 28.8 Å². The zero-order valence-corrected chi connectivity index (χ0v) is 12.2. The van der Waals surface area contributed by atoms with E-state index in [1.54, 1.807) is 44.2 Å². The highest BCUT2D eigenvalue weighted by Crippen LogP contribution is 2.35. The Morgan fingerprint density at radius 2 is 2.00 bits per heavy atom. The van der Waals surface area contributed by atoms with Gasteiger partial charge in [-0.05, 0) is 18.9 Å². The van der Waals surface area contributed by atoms with Gasteiger partial charge in [-0.1, -0.05) is 37.3 Å². The smallest absolute Gasteiger partial charge is 0.324 e. The van der Waals surface area contributed by atoms with Crippen molar-refractivity contribution in [3.8, 4) is 0 Å². The van der Waals surface area contributed by atoms with Crippen LogP contribution in [0.2, 0.25) is 0 Å². The highest BCUT2D eigenvalue weighted by atomic mass is 16.6. The van der Waals surface area contributed by atoms with Gasteiger partial charge in [0.2, 0.25) is 6.54 Å². The van der Waals surface area contributed by atoms with Crippen LogP contribution in [0, 0.1) is 16.0 Å². The van der Waals surface area contributed by atoms with Crippen LogP contribution in [0.15, 0.2) is 30.3 Å². The van der Waals surface area contributed by atoms with E-state index in [2.05, 4.69) is 0 Å². The third kappa shape index (κ3) is 3.45. The zero-order chi connectivity index (χ0) is 15.9. The lowest BCUT2D eigenvalue weighted by molar-refractivity contribution is -0.490. The lowest BCUT2D eigenvalue weighted by Gasteiger charge is -2.32. The average Bonchev–Trinajstić information content (AvgIpc) is 2.48. The summed E-state index contributed by atoms with van der Waals surface area (Å²) in [5, 5.41) is 11.1. The second-order valence-electron chi connectivity index (χ2n) is 4.70. The van der Waals surface area contributed by atoms with Crippen molar-refractivity contribution in [1.82, 2.24) is 0 Å². The molecule has 1 aromatic carbocycles. The molecule has 21 heavy (non-hydrogen) atoms. The largest absolute Gasteiger partial charge is 0.465 e. The fourth-order valence-electron chi connectivity index (χ4n) is 2.52. The van der Waals surface area contributed by atoms with E-state index >= 15 is 0 Å². The van der Waals surface area contributed by atoms with Crippen LogP contribution in [0.4, 0.5) is 0 Å². The summed E-state index contributed by atoms with van der Waals surface area (Å²) in [5.41, 5.74) is -1.16. The van der Waals surface area contributed by atoms with Gasteiger partial charge in [-0.15, -0.1) is 0 Å². The highest BCUT2D eigenvalue weighted by molar-refractivity contribution is 5.87. The Morgan fingerprint density at radius 3 is 2.43 bits per heavy atom. The topological polar surface area (TPSA) is 86.5 Å². The molecular weight excluding hydrogens is 274 g/mol. The van der Waals surface area contributed by atoms with E-state index in [1.807, 2.05) is 0 Å². The van der Waals surface area contributed by atoms with Gasteiger partial charge >= 0.3 is 5.97 Å². The maximum atomic E-state index is 12.5. The van der Waals surface area contributed by atoms with E-state index in [0.29, 0.717) is 18.3 Å². The van der Waals surface area contributed by atoms with Crippen molar-refractivity contribution in [1.29, 1.82) is 0 Å². The molecule has 0 aliphatic rings. The SMILES string of the molecule is CCOC(=O)C(C[N+](=O)[O-])(c1ccccc1)C(C=O)CC. The third-order valence-corrected chi connectivity index (χ3v) is 3.54. The van der Waals surface area contributed by atoms with Crippen molar-refractivity contribution in [3.63, 3.8) is 0 Å². The molecule has 0 bridgehead atoms. The number of hydrogen-bond donors (Lipinski definition) is 0. The molecule has 6 heteroatoms. The van der Waals surface area contributed by atoms with Gasteiger partial charge in [0.25, 0.3) is 0 Å². The minimum absolute atomic E-state index is 0.0976. The van der Waals surface area contributed by atoms with Crippen LogP contribution in [-0.2, 0) is 19.7 Å². The van der Waals surface area contributed by atoms with E-state index in [-0.39, 0.29) is 6.61 Å². The summed E-state index contributed by atoms with van der Waals surface area (Å²) in [4.78, 5) is 34.4. The Balaban J connectivity index is 3.50. The Kier molecular flexibility index (Phi) is 6.02. The van der Waals surface area contributed by atoms with Crippen LogP contribution in [0.3, 0.4) is 0 Å². The number of benzene rings is 1. The first kappa shape index (κ1) is 16.8. The van der Waals surface area contributed by atoms with Gasteiger partial charge in [-0.3, -0.25) is 14.9 Å². The standard InChI is InChI=1S/C15H19NO5/c1-3-12(10-17)15(11-16(19)20,14(18)21-4-2)13-8-6-5-7-9-13/h5-10,12H,3-4,11H2,1-2H3. The number of rotatable bonds is 8. The molecule has 1 aromatic rings. The molecule has 0 aliphatic carbocycles. The van der Waals surface area contributed by atoms with Crippen molar-refractivity contribution in [2.45, 2.75) is 25.7 Å². The number of carbonyl (C=O) groups excluding carboxylic acids is 2. The van der Waals surface area contributed by atoms with Gasteiger partial charge in [-0.2, -0.15) is 0 Å². The minimum Gasteiger partial charge on any atom is -0.465 e. The molecule has 0 heterocycles. The Hall–Kier alpha value is -2.24. The summed E-state index contributed by atoms with van der Waals surface area (Å²) in [6.45, 7) is 2.77. The molecule has 0 saturated carbocycles. The number of carbonyl (C=O) groups is 2. The molecule has 2 unspecified atom stereocenters. The van der Waals surface area contributed by atoms with Crippen molar-refractivity contribution < 1.29 is 19.2 Å². The maximum absolute atomic E-state index is 12.5. The van der Waals surface area contributed by atoms with Gasteiger partial charge in [0.05, 0.1) is 6.61 Å². The summed E-state index contributed by atoms with van der Waals surface area (Å²) in [6, 6.07) is 8.34. The van der Waals surface area contributed by atoms with Gasteiger partial charge in [0.1, 0.15) is 6.29 Å². The average molecular weight is 293 g/mol. The molecule has 0 aromatic heterocycles. The Bertz CT molecular complexity index is 502. The molecule has 6 nitrogen and oxygen atoms in total. The van der Waals surface area contributed by atoms with E-state index in [1.165, 1.54) is 0 Å². The van der Waals surface area contributed by atoms with Crippen LogP contribution in [0.1, 0.15) is 25.8 Å². The fourth-order valence-corrected chi connectivity index (χ4v) is 2.52. The van der Waals surface area contributed by atoms with Crippen molar-refractivity contribution in [3.05, 3.63) is 46.0 Å². The van der Waals surface area contributed by atoms with E-state index in [0.717, 1.165) is 0 Å². The molecule has 0 radical (unpaired) electrons. The van der Waals surface area contributed by atoms with Crippen LogP contribution < -0.4 is 0 Å². The number of nitrogens with zero attached hydrogens (tertiary/aromatic N) is 1. The van der Waals surface area contributed by atoms with E-state index in [9.17, 15) is 19.7 Å². The van der Waals surface area contributed by atoms with Crippen LogP contribution in [0.5, 0.6) is 0 Å². The molecule has 2 atom stereocenters. The predicted octanol–water partition coefficient (Wildman–Crippen LogP) is 1.99. The normalized spacial score (nSPS) is 14.8. The molecule has 114 valence electrons. The van der Waals surface area contributed by atoms with Gasteiger partial charge < -0.3 is 9.53 Å². The summed E-state index contributed by atoms with van der Waals surface area (Å²) in [5.74, 6) is -1.55. The van der Waals surface area contributed by atoms with Crippen molar-refractivity contribution >= 4 is 12.3 Å². The first-order valence-electron chi connectivity index (χ1n) is 6.82. The van der Waals surface area contributed by atoms with Crippen LogP contribution in [-0.4, -0.2) is 30.3 Å². The van der Waals surface area contributed by atoms with Gasteiger partial charge in [0, 0.05) is 10.8 Å². The summed E-state index contributed by atoms with van der Waals surface area (Å²) in [7, 11) is 0. The Morgan fingerprint density at radius 1 is 1.38 bits per heavy atom. The number of esters is 1. The number of ether oxygens (including phenoxy) is 1. The summed E-state index contributed by atoms with van der Waals surface area (Å²) < 4.78 is 5.05. The monoisotopic (exact) mass is 293 g/mol. The molecule has 0 saturated heterocycles. The molecule has 0 fully saturated rings. The van der Waals surface area contributed by atoms with Crippen molar-refractivity contribution in [2.24, 2.45) is 5.92 Å². The van der Waals surface area contributed by atoms with Gasteiger partial charge in [0.15, 0.2) is 5.41 Å². The molecule has 0 aliphatic heterocycles. The second-order valence-corrected chi connectivity index (χ2v) is 4.70. The first-order valence-corrected chi connectivity index (χ1v) is 6.82. The third-order valence-electron chi connectivity index (χ3n) is 3.54. The summed E-state index contributed by atoms with van der Waals surface area (Å²) >= 11 is 0. The Labute approximate surface area is 123 Å². The van der Waals surface area contributed by atoms with Crippen LogP contribution >= 0.6 is 0 Å². The molecular formula is C15H19NO5. The van der Waals surface area contributed by atoms with E-state index in [4.69, 9.17) is 4.74 Å². The highest BCUT2D eigenvalue weighted by Gasteiger charge is 2.52. The molecule has 1 rings (SSSR count). The maximum Gasteiger partial charge on any atom is 0.324 e. The van der Waals surface area contributed by atoms with Crippen LogP contribution in [0.25, 0.3) is 0 Å². The number of aldehydes is 1. The van der Waals surface area contributed by atoms with Crippen molar-refractivity contribution in [2.75, 3.05) is 13.2 Å². The summed E-state index contributed by atoms with van der Waals surface area (Å²) in [6.07, 6.45) is 0.915. The minimum atomic E-state index is -1.59. The first-order chi connectivity index (χ1) is 10.0. The number of hydrogen-bond acceptors (Lipinski definition) is 5. The lowest BCUT2D eigenvalue weighted by atomic mass is 9.69. The second kappa shape index (κ2) is 7.52. The number of nitro groups is 1. The predicted molar refractivity (Wildman–Crippen MR) is 76.5 cm³/mol. The molecule has 0 spiro atoms. The zero-order valence-electron chi connectivity index (χ0n) is 12.2. The molecule has 0 N–H and O–H groups in total. The molecule has 0 amide bonds. The van der Waals surface area contributed by atoms with Gasteiger partial charge in [-0.25, -0.2) is 0 Å². The lowest BCUT2D eigenvalue weighted by Crippen LogP contribution is -2.50.